The van der Waals surface area contributed by atoms with Gasteiger partial charge in [0.1, 0.15) is 6.61 Å². The quantitative estimate of drug-likeness (QED) is 0.498. The van der Waals surface area contributed by atoms with Crippen molar-refractivity contribution in [2.45, 2.75) is 6.54 Å². The average molecular weight is 259 g/mol. The SMILES string of the molecule is COCCNCc1nnc(NCCOC(N)=O)o1. The molecule has 0 aliphatic carbocycles. The summed E-state index contributed by atoms with van der Waals surface area (Å²) in [7, 11) is 1.63. The van der Waals surface area contributed by atoms with E-state index < -0.39 is 6.09 Å². The van der Waals surface area contributed by atoms with Crippen LogP contribution in [0, 0.1) is 0 Å². The third-order valence-electron chi connectivity index (χ3n) is 1.85. The highest BCUT2D eigenvalue weighted by Crippen LogP contribution is 2.04. The van der Waals surface area contributed by atoms with Crippen molar-refractivity contribution in [3.05, 3.63) is 5.89 Å². The summed E-state index contributed by atoms with van der Waals surface area (Å²) in [6.07, 6.45) is -0.814. The van der Waals surface area contributed by atoms with Gasteiger partial charge in [0.15, 0.2) is 0 Å². The molecule has 4 N–H and O–H groups in total. The fourth-order valence-corrected chi connectivity index (χ4v) is 1.08. The molecule has 0 aliphatic rings. The molecule has 1 rings (SSSR count). The molecule has 0 aliphatic heterocycles. The van der Waals surface area contributed by atoms with E-state index in [2.05, 4.69) is 25.6 Å². The highest BCUT2D eigenvalue weighted by molar-refractivity contribution is 5.64. The molecule has 0 unspecified atom stereocenters. The van der Waals surface area contributed by atoms with Crippen molar-refractivity contribution >= 4 is 12.1 Å². The maximum Gasteiger partial charge on any atom is 0.404 e. The van der Waals surface area contributed by atoms with Gasteiger partial charge in [0.05, 0.1) is 19.7 Å². The highest BCUT2D eigenvalue weighted by atomic mass is 16.5. The number of ether oxygens (including phenoxy) is 2. The van der Waals surface area contributed by atoms with E-state index >= 15 is 0 Å². The highest BCUT2D eigenvalue weighted by Gasteiger charge is 2.04. The van der Waals surface area contributed by atoms with Crippen molar-refractivity contribution in [2.24, 2.45) is 5.73 Å². The second kappa shape index (κ2) is 8.25. The lowest BCUT2D eigenvalue weighted by molar-refractivity contribution is 0.161. The molecule has 0 saturated heterocycles. The fraction of sp³-hybridized carbons (Fsp3) is 0.667. The van der Waals surface area contributed by atoms with E-state index in [9.17, 15) is 4.79 Å². The van der Waals surface area contributed by atoms with Crippen LogP contribution in [0.2, 0.25) is 0 Å². The summed E-state index contributed by atoms with van der Waals surface area (Å²) < 4.78 is 14.7. The first kappa shape index (κ1) is 14.2. The van der Waals surface area contributed by atoms with Crippen molar-refractivity contribution in [1.29, 1.82) is 0 Å². The lowest BCUT2D eigenvalue weighted by atomic mass is 10.6. The molecular weight excluding hydrogens is 242 g/mol. The number of methoxy groups -OCH3 is 1. The zero-order valence-electron chi connectivity index (χ0n) is 10.1. The Balaban J connectivity index is 2.15. The summed E-state index contributed by atoms with van der Waals surface area (Å²) in [4.78, 5) is 10.3. The van der Waals surface area contributed by atoms with Crippen LogP contribution in [0.4, 0.5) is 10.8 Å². The topological polar surface area (TPSA) is 125 Å². The van der Waals surface area contributed by atoms with Crippen molar-refractivity contribution in [3.8, 4) is 0 Å². The maximum atomic E-state index is 10.3. The number of nitrogens with two attached hydrogens (primary N) is 1. The Bertz CT molecular complexity index is 356. The number of carbonyl (C=O) groups is 1. The number of nitrogens with zero attached hydrogens (tertiary/aromatic N) is 2. The smallest absolute Gasteiger partial charge is 0.404 e. The Morgan fingerprint density at radius 1 is 1.39 bits per heavy atom. The molecule has 1 amide bonds. The molecule has 18 heavy (non-hydrogen) atoms. The van der Waals surface area contributed by atoms with Crippen LogP contribution < -0.4 is 16.4 Å². The largest absolute Gasteiger partial charge is 0.448 e. The van der Waals surface area contributed by atoms with Gasteiger partial charge in [-0.1, -0.05) is 5.10 Å². The molecule has 0 radical (unpaired) electrons. The van der Waals surface area contributed by atoms with Crippen LogP contribution in [0.1, 0.15) is 5.89 Å². The first-order chi connectivity index (χ1) is 8.72. The third-order valence-corrected chi connectivity index (χ3v) is 1.85. The number of carbonyl (C=O) groups excluding carboxylic acids is 1. The summed E-state index contributed by atoms with van der Waals surface area (Å²) in [5, 5.41) is 13.4. The summed E-state index contributed by atoms with van der Waals surface area (Å²) in [5.74, 6) is 0.462. The third kappa shape index (κ3) is 6.01. The molecule has 1 aromatic heterocycles. The minimum Gasteiger partial charge on any atom is -0.448 e. The Labute approximate surface area is 104 Å². The van der Waals surface area contributed by atoms with Crippen LogP contribution in [-0.2, 0) is 16.0 Å². The van der Waals surface area contributed by atoms with Gasteiger partial charge in [0, 0.05) is 13.7 Å². The average Bonchev–Trinajstić information content (AvgIpc) is 2.78. The number of hydrogen-bond acceptors (Lipinski definition) is 8. The van der Waals surface area contributed by atoms with Crippen molar-refractivity contribution in [3.63, 3.8) is 0 Å². The van der Waals surface area contributed by atoms with E-state index in [0.717, 1.165) is 0 Å². The second-order valence-electron chi connectivity index (χ2n) is 3.26. The van der Waals surface area contributed by atoms with Crippen molar-refractivity contribution in [2.75, 3.05) is 38.7 Å². The Morgan fingerprint density at radius 3 is 2.94 bits per heavy atom. The second-order valence-corrected chi connectivity index (χ2v) is 3.26. The molecule has 9 nitrogen and oxygen atoms in total. The van der Waals surface area contributed by atoms with Gasteiger partial charge in [-0.15, -0.1) is 5.10 Å². The molecular formula is C9H17N5O4. The monoisotopic (exact) mass is 259 g/mol. The normalized spacial score (nSPS) is 10.3. The predicted octanol–water partition coefficient (Wildman–Crippen LogP) is -0.687. The number of primary amides is 1. The van der Waals surface area contributed by atoms with Gasteiger partial charge < -0.3 is 30.3 Å². The number of anilines is 1. The van der Waals surface area contributed by atoms with E-state index in [0.29, 0.717) is 32.1 Å². The van der Waals surface area contributed by atoms with Gasteiger partial charge in [-0.05, 0) is 0 Å². The maximum absolute atomic E-state index is 10.3. The minimum absolute atomic E-state index is 0.138. The Morgan fingerprint density at radius 2 is 2.22 bits per heavy atom. The van der Waals surface area contributed by atoms with E-state index in [1.54, 1.807) is 7.11 Å². The molecule has 0 bridgehead atoms. The predicted molar refractivity (Wildman–Crippen MR) is 61.9 cm³/mol. The summed E-state index contributed by atoms with van der Waals surface area (Å²) in [6, 6.07) is 0.270. The van der Waals surface area contributed by atoms with Crippen LogP contribution in [0.3, 0.4) is 0 Å². The summed E-state index contributed by atoms with van der Waals surface area (Å²) >= 11 is 0. The number of nitrogens with one attached hydrogen (secondary N) is 2. The number of amides is 1. The molecule has 0 saturated carbocycles. The van der Waals surface area contributed by atoms with Gasteiger partial charge in [0.2, 0.25) is 5.89 Å². The molecule has 102 valence electrons. The molecule has 0 spiro atoms. The minimum atomic E-state index is -0.814. The number of rotatable bonds is 9. The van der Waals surface area contributed by atoms with E-state index in [1.807, 2.05) is 0 Å². The lowest BCUT2D eigenvalue weighted by Crippen LogP contribution is -2.18. The van der Waals surface area contributed by atoms with Crippen LogP contribution in [0.15, 0.2) is 4.42 Å². The molecule has 9 heteroatoms. The Hall–Kier alpha value is -1.87. The van der Waals surface area contributed by atoms with Crippen molar-refractivity contribution < 1.29 is 18.7 Å². The van der Waals surface area contributed by atoms with Crippen molar-refractivity contribution in [1.82, 2.24) is 15.5 Å². The zero-order valence-corrected chi connectivity index (χ0v) is 10.1. The van der Waals surface area contributed by atoms with Crippen LogP contribution in [0.25, 0.3) is 0 Å². The first-order valence-corrected chi connectivity index (χ1v) is 5.40. The van der Waals surface area contributed by atoms with Gasteiger partial charge in [0.25, 0.3) is 0 Å². The van der Waals surface area contributed by atoms with Crippen LogP contribution >= 0.6 is 0 Å². The van der Waals surface area contributed by atoms with E-state index in [4.69, 9.17) is 14.9 Å². The molecule has 0 fully saturated rings. The fourth-order valence-electron chi connectivity index (χ4n) is 1.08. The van der Waals surface area contributed by atoms with Crippen LogP contribution in [0.5, 0.6) is 0 Å². The van der Waals surface area contributed by atoms with Gasteiger partial charge >= 0.3 is 12.1 Å². The van der Waals surface area contributed by atoms with Gasteiger partial charge in [-0.2, -0.15) is 0 Å². The number of aromatic nitrogens is 2. The Kier molecular flexibility index (Phi) is 6.51. The summed E-state index contributed by atoms with van der Waals surface area (Å²) in [5.41, 5.74) is 4.80. The zero-order chi connectivity index (χ0) is 13.2. The van der Waals surface area contributed by atoms with Gasteiger partial charge in [-0.3, -0.25) is 0 Å². The van der Waals surface area contributed by atoms with E-state index in [1.165, 1.54) is 0 Å². The lowest BCUT2D eigenvalue weighted by Gasteiger charge is -2.01. The number of hydrogen-bond donors (Lipinski definition) is 3. The molecule has 0 atom stereocenters. The molecule has 1 aromatic rings. The standard InChI is InChI=1S/C9H17N5O4/c1-16-4-2-11-6-7-13-14-9(18-7)12-3-5-17-8(10)15/h11H,2-6H2,1H3,(H2,10,15)(H,12,14). The summed E-state index contributed by atoms with van der Waals surface area (Å²) in [6.45, 7) is 2.27. The molecule has 1 heterocycles. The first-order valence-electron chi connectivity index (χ1n) is 5.40. The molecule has 0 aromatic carbocycles. The van der Waals surface area contributed by atoms with Gasteiger partial charge in [-0.25, -0.2) is 4.79 Å². The van der Waals surface area contributed by atoms with Crippen LogP contribution in [-0.4, -0.2) is 49.7 Å². The van der Waals surface area contributed by atoms with E-state index in [-0.39, 0.29) is 12.6 Å².